The van der Waals surface area contributed by atoms with E-state index >= 15 is 0 Å². The average Bonchev–Trinajstić information content (AvgIpc) is 3.14. The number of aliphatic imine (C=N–C) groups is 1. The van der Waals surface area contributed by atoms with Gasteiger partial charge in [0.15, 0.2) is 5.96 Å². The van der Waals surface area contributed by atoms with E-state index in [0.29, 0.717) is 23.8 Å². The number of hydrogen-bond acceptors (Lipinski definition) is 6. The predicted molar refractivity (Wildman–Crippen MR) is 123 cm³/mol. The number of nitrogens with zero attached hydrogens (tertiary/aromatic N) is 4. The molecular formula is C20H28F2IN5O3. The van der Waals surface area contributed by atoms with Gasteiger partial charge in [0.05, 0.1) is 12.8 Å². The van der Waals surface area contributed by atoms with Gasteiger partial charge in [-0.1, -0.05) is 5.16 Å². The zero-order valence-corrected chi connectivity index (χ0v) is 20.1. The monoisotopic (exact) mass is 551 g/mol. The van der Waals surface area contributed by atoms with Gasteiger partial charge in [0.25, 0.3) is 0 Å². The largest absolute Gasteiger partial charge is 0.497 e. The molecule has 1 aromatic carbocycles. The molecule has 31 heavy (non-hydrogen) atoms. The minimum Gasteiger partial charge on any atom is -0.497 e. The van der Waals surface area contributed by atoms with Crippen LogP contribution in [0.4, 0.5) is 8.78 Å². The van der Waals surface area contributed by atoms with Crippen LogP contribution in [0.15, 0.2) is 33.8 Å². The van der Waals surface area contributed by atoms with Crippen molar-refractivity contribution in [2.24, 2.45) is 4.99 Å². The van der Waals surface area contributed by atoms with Crippen molar-refractivity contribution in [3.8, 4) is 11.5 Å². The Morgan fingerprint density at radius 3 is 2.58 bits per heavy atom. The third kappa shape index (κ3) is 7.20. The van der Waals surface area contributed by atoms with E-state index in [1.165, 1.54) is 13.2 Å². The highest BCUT2D eigenvalue weighted by molar-refractivity contribution is 14.0. The van der Waals surface area contributed by atoms with Crippen LogP contribution in [-0.4, -0.2) is 67.9 Å². The van der Waals surface area contributed by atoms with Crippen molar-refractivity contribution < 1.29 is 22.8 Å². The number of benzene rings is 1. The molecule has 1 aromatic heterocycles. The van der Waals surface area contributed by atoms with E-state index in [9.17, 15) is 8.78 Å². The van der Waals surface area contributed by atoms with Crippen LogP contribution in [0.3, 0.4) is 0 Å². The van der Waals surface area contributed by atoms with Crippen molar-refractivity contribution in [2.45, 2.75) is 26.6 Å². The highest BCUT2D eigenvalue weighted by Gasteiger charge is 2.21. The number of rotatable bonds is 7. The number of aromatic nitrogens is 1. The summed E-state index contributed by atoms with van der Waals surface area (Å²) in [4.78, 5) is 8.78. The molecule has 0 spiro atoms. The summed E-state index contributed by atoms with van der Waals surface area (Å²) in [5.41, 5.74) is 1.52. The quantitative estimate of drug-likeness (QED) is 0.322. The number of piperazine rings is 1. The van der Waals surface area contributed by atoms with Crippen LogP contribution < -0.4 is 14.8 Å². The number of ether oxygens (including phenoxy) is 2. The van der Waals surface area contributed by atoms with Crippen LogP contribution in [-0.2, 0) is 13.1 Å². The second-order valence-corrected chi connectivity index (χ2v) is 6.95. The molecule has 0 aliphatic carbocycles. The third-order valence-electron chi connectivity index (χ3n) is 4.87. The molecule has 1 saturated heterocycles. The molecule has 0 radical (unpaired) electrons. The van der Waals surface area contributed by atoms with E-state index in [2.05, 4.69) is 30.0 Å². The minimum atomic E-state index is -2.91. The summed E-state index contributed by atoms with van der Waals surface area (Å²) in [6.45, 7) is 3.32. The average molecular weight is 551 g/mol. The van der Waals surface area contributed by atoms with Crippen LogP contribution >= 0.6 is 24.0 Å². The molecule has 0 amide bonds. The number of guanidine groups is 1. The van der Waals surface area contributed by atoms with Gasteiger partial charge in [-0.2, -0.15) is 8.78 Å². The molecule has 2 aromatic rings. The van der Waals surface area contributed by atoms with Gasteiger partial charge in [0.2, 0.25) is 0 Å². The highest BCUT2D eigenvalue weighted by atomic mass is 127. The van der Waals surface area contributed by atoms with E-state index in [1.54, 1.807) is 19.2 Å². The van der Waals surface area contributed by atoms with Crippen molar-refractivity contribution in [1.29, 1.82) is 0 Å². The number of aryl methyl sites for hydroxylation is 1. The Hall–Kier alpha value is -2.15. The SMILES string of the molecule is CN=C(NCc1ccc(OC)cc1OC(F)F)N1CCN(Cc2cc(C)on2)CC1.I. The fourth-order valence-corrected chi connectivity index (χ4v) is 3.36. The first kappa shape index (κ1) is 25.1. The Labute approximate surface area is 197 Å². The summed E-state index contributed by atoms with van der Waals surface area (Å²) in [7, 11) is 3.18. The molecule has 1 aliphatic heterocycles. The number of methoxy groups -OCH3 is 1. The lowest BCUT2D eigenvalue weighted by atomic mass is 10.2. The van der Waals surface area contributed by atoms with Crippen molar-refractivity contribution in [3.05, 3.63) is 41.3 Å². The molecule has 0 saturated carbocycles. The first-order valence-corrected chi connectivity index (χ1v) is 9.70. The Morgan fingerprint density at radius 2 is 2.00 bits per heavy atom. The Balaban J connectivity index is 0.00000341. The number of nitrogens with one attached hydrogen (secondary N) is 1. The van der Waals surface area contributed by atoms with Crippen molar-refractivity contribution >= 4 is 29.9 Å². The van der Waals surface area contributed by atoms with E-state index in [4.69, 9.17) is 9.26 Å². The standard InChI is InChI=1S/C20H27F2N5O3.HI/c1-14-10-16(25-30-14)13-26-6-8-27(9-7-26)20(23-2)24-12-15-4-5-17(28-3)11-18(15)29-19(21)22;/h4-5,10-11,19H,6-9,12-13H2,1-3H3,(H,23,24);1H. The molecule has 2 heterocycles. The molecular weight excluding hydrogens is 523 g/mol. The zero-order chi connectivity index (χ0) is 21.5. The highest BCUT2D eigenvalue weighted by Crippen LogP contribution is 2.26. The van der Waals surface area contributed by atoms with Gasteiger partial charge in [0.1, 0.15) is 17.3 Å². The lowest BCUT2D eigenvalue weighted by molar-refractivity contribution is -0.0505. The second-order valence-electron chi connectivity index (χ2n) is 6.95. The number of hydrogen-bond donors (Lipinski definition) is 1. The molecule has 0 atom stereocenters. The summed E-state index contributed by atoms with van der Waals surface area (Å²) in [5, 5.41) is 7.28. The topological polar surface area (TPSA) is 75.4 Å². The Kier molecular flexibility index (Phi) is 9.75. The maximum absolute atomic E-state index is 12.8. The molecule has 11 heteroatoms. The summed E-state index contributed by atoms with van der Waals surface area (Å²) in [6.07, 6.45) is 0. The van der Waals surface area contributed by atoms with Crippen LogP contribution in [0.25, 0.3) is 0 Å². The van der Waals surface area contributed by atoms with Crippen LogP contribution in [0.1, 0.15) is 17.0 Å². The van der Waals surface area contributed by atoms with Crippen molar-refractivity contribution in [1.82, 2.24) is 20.3 Å². The lowest BCUT2D eigenvalue weighted by Gasteiger charge is -2.36. The molecule has 0 unspecified atom stereocenters. The second kappa shape index (κ2) is 12.0. The van der Waals surface area contributed by atoms with Crippen LogP contribution in [0.5, 0.6) is 11.5 Å². The van der Waals surface area contributed by atoms with Gasteiger partial charge in [-0.05, 0) is 19.1 Å². The van der Waals surface area contributed by atoms with Crippen LogP contribution in [0.2, 0.25) is 0 Å². The summed E-state index contributed by atoms with van der Waals surface area (Å²) >= 11 is 0. The molecule has 1 N–H and O–H groups in total. The minimum absolute atomic E-state index is 0. The molecule has 0 bridgehead atoms. The molecule has 3 rings (SSSR count). The van der Waals surface area contributed by atoms with Gasteiger partial charge >= 0.3 is 6.61 Å². The van der Waals surface area contributed by atoms with Gasteiger partial charge in [0, 0.05) is 64.0 Å². The lowest BCUT2D eigenvalue weighted by Crippen LogP contribution is -2.52. The zero-order valence-electron chi connectivity index (χ0n) is 17.8. The van der Waals surface area contributed by atoms with Gasteiger partial charge in [-0.25, -0.2) is 0 Å². The Bertz CT molecular complexity index is 857. The molecule has 1 aliphatic rings. The first-order chi connectivity index (χ1) is 14.5. The summed E-state index contributed by atoms with van der Waals surface area (Å²) < 4.78 is 40.4. The summed E-state index contributed by atoms with van der Waals surface area (Å²) in [5.74, 6) is 2.06. The maximum atomic E-state index is 12.8. The van der Waals surface area contributed by atoms with Gasteiger partial charge in [-0.15, -0.1) is 24.0 Å². The van der Waals surface area contributed by atoms with E-state index in [-0.39, 0.29) is 29.7 Å². The van der Waals surface area contributed by atoms with Gasteiger partial charge < -0.3 is 24.2 Å². The van der Waals surface area contributed by atoms with Crippen LogP contribution in [0, 0.1) is 6.92 Å². The fourth-order valence-electron chi connectivity index (χ4n) is 3.36. The first-order valence-electron chi connectivity index (χ1n) is 9.70. The number of alkyl halides is 2. The molecule has 1 fully saturated rings. The fraction of sp³-hybridized carbons (Fsp3) is 0.500. The molecule has 172 valence electrons. The van der Waals surface area contributed by atoms with Crippen molar-refractivity contribution in [2.75, 3.05) is 40.3 Å². The number of halogens is 3. The third-order valence-corrected chi connectivity index (χ3v) is 4.87. The van der Waals surface area contributed by atoms with Gasteiger partial charge in [-0.3, -0.25) is 9.89 Å². The predicted octanol–water partition coefficient (Wildman–Crippen LogP) is 3.10. The Morgan fingerprint density at radius 1 is 1.26 bits per heavy atom. The van der Waals surface area contributed by atoms with Crippen molar-refractivity contribution in [3.63, 3.8) is 0 Å². The molecule has 8 nitrogen and oxygen atoms in total. The smallest absolute Gasteiger partial charge is 0.387 e. The van der Waals surface area contributed by atoms with E-state index < -0.39 is 6.61 Å². The van der Waals surface area contributed by atoms with E-state index in [0.717, 1.165) is 44.2 Å². The normalized spacial score (nSPS) is 15.0. The van der Waals surface area contributed by atoms with E-state index in [1.807, 2.05) is 13.0 Å². The summed E-state index contributed by atoms with van der Waals surface area (Å²) in [6, 6.07) is 6.81. The maximum Gasteiger partial charge on any atom is 0.387 e.